The first-order chi connectivity index (χ1) is 7.66. The normalized spacial score (nSPS) is 13.3. The van der Waals surface area contributed by atoms with E-state index in [2.05, 4.69) is 6.67 Å². The van der Waals surface area contributed by atoms with E-state index in [4.69, 9.17) is 0 Å². The molecule has 1 aliphatic heterocycles. The summed E-state index contributed by atoms with van der Waals surface area (Å²) in [6.45, 7) is 5.30. The van der Waals surface area contributed by atoms with Crippen LogP contribution >= 0.6 is 0 Å². The van der Waals surface area contributed by atoms with Gasteiger partial charge in [0.1, 0.15) is 6.54 Å². The molecule has 1 aromatic carbocycles. The van der Waals surface area contributed by atoms with Crippen molar-refractivity contribution in [2.45, 2.75) is 6.92 Å². The van der Waals surface area contributed by atoms with E-state index in [1.54, 1.807) is 9.80 Å². The zero-order chi connectivity index (χ0) is 11.5. The zero-order valence-electron chi connectivity index (χ0n) is 9.85. The molecular formula is C13H14BrN2O. The smallest absolute Gasteiger partial charge is 0.564 e. The first-order valence-electron chi connectivity index (χ1n) is 5.20. The topological polar surface area (TPSA) is 23.6 Å². The Morgan fingerprint density at radius 2 is 2.00 bits per heavy atom. The number of hydrogen-bond donors (Lipinski definition) is 0. The number of ketones is 1. The molecule has 0 spiro atoms. The lowest BCUT2D eigenvalue weighted by atomic mass is 10.0. The molecule has 2 rings (SSSR count). The third kappa shape index (κ3) is 3.27. The van der Waals surface area contributed by atoms with Crippen LogP contribution in [0, 0.1) is 13.6 Å². The predicted molar refractivity (Wildman–Crippen MR) is 62.4 cm³/mol. The lowest BCUT2D eigenvalue weighted by Crippen LogP contribution is -3.00. The summed E-state index contributed by atoms with van der Waals surface area (Å²) in [6.07, 6.45) is 3.71. The molecule has 1 aromatic rings. The van der Waals surface area contributed by atoms with Gasteiger partial charge in [0, 0.05) is 5.56 Å². The van der Waals surface area contributed by atoms with Gasteiger partial charge in [0.25, 0.3) is 0 Å². The van der Waals surface area contributed by atoms with Gasteiger partial charge in [0.05, 0.1) is 19.4 Å². The third-order valence-electron chi connectivity index (χ3n) is 2.52. The maximum absolute atomic E-state index is 12.0. The number of carbonyl (C=O) groups excluding carboxylic acids is 1. The van der Waals surface area contributed by atoms with Gasteiger partial charge in [0.2, 0.25) is 0 Å². The van der Waals surface area contributed by atoms with Gasteiger partial charge >= 0.3 is 6.67 Å². The van der Waals surface area contributed by atoms with Crippen molar-refractivity contribution < 1.29 is 21.8 Å². The summed E-state index contributed by atoms with van der Waals surface area (Å²) in [7, 11) is 1.88. The average molecular weight is 294 g/mol. The van der Waals surface area contributed by atoms with Crippen LogP contribution in [0.1, 0.15) is 15.9 Å². The molecule has 0 aromatic heterocycles. The van der Waals surface area contributed by atoms with E-state index in [0.29, 0.717) is 6.54 Å². The van der Waals surface area contributed by atoms with Crippen LogP contribution in [-0.4, -0.2) is 29.2 Å². The minimum atomic E-state index is 0. The Morgan fingerprint density at radius 3 is 2.59 bits per heavy atom. The quantitative estimate of drug-likeness (QED) is 0.522. The summed E-state index contributed by atoms with van der Waals surface area (Å²) in [5.41, 5.74) is 1.80. The maximum atomic E-state index is 12.0. The van der Waals surface area contributed by atoms with Gasteiger partial charge < -0.3 is 17.0 Å². The molecular weight excluding hydrogens is 280 g/mol. The van der Waals surface area contributed by atoms with E-state index in [1.165, 1.54) is 0 Å². The molecule has 0 saturated heterocycles. The standard InChI is InChI=1S/C13H14N2O.BrH/c1-11-5-3-4-6-12(11)13(16)9-15-8-7-14(2)10-15;/h3-8H,9H2,1-2H3;1H/q+1;/p-1. The van der Waals surface area contributed by atoms with Gasteiger partial charge in [-0.15, -0.1) is 9.80 Å². The van der Waals surface area contributed by atoms with Crippen molar-refractivity contribution in [3.8, 4) is 0 Å². The van der Waals surface area contributed by atoms with Crippen LogP contribution in [0.5, 0.6) is 0 Å². The van der Waals surface area contributed by atoms with Crippen molar-refractivity contribution in [3.63, 3.8) is 0 Å². The van der Waals surface area contributed by atoms with E-state index in [0.717, 1.165) is 11.1 Å². The van der Waals surface area contributed by atoms with Crippen LogP contribution in [0.25, 0.3) is 0 Å². The van der Waals surface area contributed by atoms with E-state index >= 15 is 0 Å². The second-order valence-corrected chi connectivity index (χ2v) is 3.88. The SMILES string of the molecule is Cc1ccccc1C(=O)CN1[C+]N(C)C=C1.[Br-]. The van der Waals surface area contributed by atoms with Gasteiger partial charge in [-0.2, -0.15) is 0 Å². The molecule has 0 fully saturated rings. The molecule has 4 heteroatoms. The Hall–Kier alpha value is -1.42. The third-order valence-corrected chi connectivity index (χ3v) is 2.52. The minimum absolute atomic E-state index is 0. The molecule has 0 aliphatic carbocycles. The Labute approximate surface area is 112 Å². The summed E-state index contributed by atoms with van der Waals surface area (Å²) < 4.78 is 0. The second-order valence-electron chi connectivity index (χ2n) is 3.88. The molecule has 0 amide bonds. The first kappa shape index (κ1) is 13.6. The predicted octanol–water partition coefficient (Wildman–Crippen LogP) is -1.10. The zero-order valence-corrected chi connectivity index (χ0v) is 11.4. The highest BCUT2D eigenvalue weighted by atomic mass is 79.9. The molecule has 0 N–H and O–H groups in total. The summed E-state index contributed by atoms with van der Waals surface area (Å²) in [4.78, 5) is 15.5. The summed E-state index contributed by atoms with van der Waals surface area (Å²) in [6, 6.07) is 7.64. The van der Waals surface area contributed by atoms with Gasteiger partial charge in [0.15, 0.2) is 5.78 Å². The molecule has 89 valence electrons. The first-order valence-corrected chi connectivity index (χ1v) is 5.20. The summed E-state index contributed by atoms with van der Waals surface area (Å²) in [5, 5.41) is 0. The fourth-order valence-electron chi connectivity index (χ4n) is 1.66. The fourth-order valence-corrected chi connectivity index (χ4v) is 1.66. The molecule has 1 aliphatic rings. The highest BCUT2D eigenvalue weighted by Crippen LogP contribution is 2.12. The van der Waals surface area contributed by atoms with Gasteiger partial charge in [-0.05, 0) is 12.5 Å². The van der Waals surface area contributed by atoms with Crippen molar-refractivity contribution in [1.82, 2.24) is 9.80 Å². The Kier molecular flexibility index (Phi) is 4.63. The van der Waals surface area contributed by atoms with Crippen LogP contribution in [0.15, 0.2) is 36.7 Å². The fraction of sp³-hybridized carbons (Fsp3) is 0.231. The number of hydrogen-bond acceptors (Lipinski definition) is 3. The van der Waals surface area contributed by atoms with Crippen molar-refractivity contribution in [2.24, 2.45) is 0 Å². The second kappa shape index (κ2) is 5.77. The molecule has 0 bridgehead atoms. The van der Waals surface area contributed by atoms with E-state index in [-0.39, 0.29) is 22.8 Å². The molecule has 17 heavy (non-hydrogen) atoms. The highest BCUT2D eigenvalue weighted by molar-refractivity contribution is 5.99. The number of aryl methyl sites for hydroxylation is 1. The van der Waals surface area contributed by atoms with Crippen LogP contribution in [-0.2, 0) is 0 Å². The Morgan fingerprint density at radius 1 is 1.29 bits per heavy atom. The molecule has 0 saturated carbocycles. The monoisotopic (exact) mass is 293 g/mol. The number of rotatable bonds is 3. The van der Waals surface area contributed by atoms with Crippen molar-refractivity contribution >= 4 is 5.78 Å². The van der Waals surface area contributed by atoms with Crippen molar-refractivity contribution in [1.29, 1.82) is 0 Å². The van der Waals surface area contributed by atoms with Gasteiger partial charge in [-0.3, -0.25) is 4.79 Å². The molecule has 1 heterocycles. The molecule has 1 radical (unpaired) electrons. The van der Waals surface area contributed by atoms with Gasteiger partial charge in [-0.25, -0.2) is 0 Å². The van der Waals surface area contributed by atoms with Crippen molar-refractivity contribution in [3.05, 3.63) is 54.5 Å². The van der Waals surface area contributed by atoms with Crippen LogP contribution < -0.4 is 17.0 Å². The van der Waals surface area contributed by atoms with Crippen LogP contribution in [0.2, 0.25) is 0 Å². The van der Waals surface area contributed by atoms with E-state index < -0.39 is 0 Å². The number of Topliss-reactive ketones (excluding diaryl/α,β-unsaturated/α-hetero) is 1. The molecule has 0 unspecified atom stereocenters. The average Bonchev–Trinajstić information content (AvgIpc) is 2.64. The highest BCUT2D eigenvalue weighted by Gasteiger charge is 2.30. The molecule has 0 atom stereocenters. The number of benzene rings is 1. The largest absolute Gasteiger partial charge is 1.00 e. The maximum Gasteiger partial charge on any atom is 0.564 e. The minimum Gasteiger partial charge on any atom is -1.00 e. The molecule has 3 nitrogen and oxygen atoms in total. The van der Waals surface area contributed by atoms with Gasteiger partial charge in [-0.1, -0.05) is 24.3 Å². The Bertz CT molecular complexity index is 431. The Balaban J connectivity index is 0.00000144. The van der Waals surface area contributed by atoms with E-state index in [9.17, 15) is 4.79 Å². The lowest BCUT2D eigenvalue weighted by molar-refractivity contribution is -0.0000114. The summed E-state index contributed by atoms with van der Waals surface area (Å²) in [5.74, 6) is 0.116. The van der Waals surface area contributed by atoms with Crippen molar-refractivity contribution in [2.75, 3.05) is 13.6 Å². The number of halogens is 1. The van der Waals surface area contributed by atoms with E-state index in [1.807, 2.05) is 50.6 Å². The van der Waals surface area contributed by atoms with Crippen LogP contribution in [0.4, 0.5) is 0 Å². The number of carbonyl (C=O) groups is 1. The summed E-state index contributed by atoms with van der Waals surface area (Å²) >= 11 is 0. The van der Waals surface area contributed by atoms with Crippen LogP contribution in [0.3, 0.4) is 0 Å². The lowest BCUT2D eigenvalue weighted by Gasteiger charge is -2.05. The number of nitrogens with zero attached hydrogens (tertiary/aromatic N) is 2.